The van der Waals surface area contributed by atoms with Gasteiger partial charge in [-0.25, -0.2) is 0 Å². The number of alkyl halides is 3. The standard InChI is InChI=1S/C18H25F3N2O/c1-17(2,3)16(24)22-15-7-9-23(10-8-15)12-13-5-4-6-14(11-13)18(19,20)21/h4-6,11,15H,7-10,12H2,1-3H3,(H,22,24). The number of rotatable bonds is 3. The van der Waals surface area contributed by atoms with Crippen molar-refractivity contribution in [2.24, 2.45) is 5.41 Å². The number of likely N-dealkylation sites (tertiary alicyclic amines) is 1. The predicted octanol–water partition coefficient (Wildman–Crippen LogP) is 3.83. The van der Waals surface area contributed by atoms with Gasteiger partial charge in [-0.15, -0.1) is 0 Å². The Balaban J connectivity index is 1.86. The lowest BCUT2D eigenvalue weighted by Gasteiger charge is -2.33. The predicted molar refractivity (Wildman–Crippen MR) is 87.3 cm³/mol. The van der Waals surface area contributed by atoms with Crippen LogP contribution >= 0.6 is 0 Å². The van der Waals surface area contributed by atoms with Crippen molar-refractivity contribution in [3.8, 4) is 0 Å². The van der Waals surface area contributed by atoms with Crippen molar-refractivity contribution in [1.29, 1.82) is 0 Å². The second-order valence-electron chi connectivity index (χ2n) is 7.47. The van der Waals surface area contributed by atoms with Gasteiger partial charge in [0.05, 0.1) is 5.56 Å². The average molecular weight is 342 g/mol. The van der Waals surface area contributed by atoms with E-state index in [-0.39, 0.29) is 11.9 Å². The van der Waals surface area contributed by atoms with Crippen LogP contribution < -0.4 is 5.32 Å². The normalized spacial score (nSPS) is 17.8. The molecule has 1 fully saturated rings. The molecule has 0 saturated carbocycles. The summed E-state index contributed by atoms with van der Waals surface area (Å²) in [6, 6.07) is 5.64. The molecule has 0 radical (unpaired) electrons. The van der Waals surface area contributed by atoms with Crippen LogP contribution in [0.4, 0.5) is 13.2 Å². The monoisotopic (exact) mass is 342 g/mol. The van der Waals surface area contributed by atoms with Gasteiger partial charge in [0.25, 0.3) is 0 Å². The van der Waals surface area contributed by atoms with Crippen molar-refractivity contribution in [3.05, 3.63) is 35.4 Å². The molecule has 2 rings (SSSR count). The fourth-order valence-corrected chi connectivity index (χ4v) is 2.74. The molecule has 134 valence electrons. The molecule has 3 nitrogen and oxygen atoms in total. The third-order valence-corrected chi connectivity index (χ3v) is 4.26. The van der Waals surface area contributed by atoms with Crippen LogP contribution in [0.2, 0.25) is 0 Å². The van der Waals surface area contributed by atoms with Crippen molar-refractivity contribution >= 4 is 5.91 Å². The first-order valence-corrected chi connectivity index (χ1v) is 8.25. The zero-order valence-electron chi connectivity index (χ0n) is 14.4. The van der Waals surface area contributed by atoms with Crippen LogP contribution in [-0.2, 0) is 17.5 Å². The Bertz CT molecular complexity index is 570. The van der Waals surface area contributed by atoms with Crippen LogP contribution in [0.25, 0.3) is 0 Å². The van der Waals surface area contributed by atoms with Crippen LogP contribution in [0.3, 0.4) is 0 Å². The highest BCUT2D eigenvalue weighted by Crippen LogP contribution is 2.30. The topological polar surface area (TPSA) is 32.3 Å². The maximum Gasteiger partial charge on any atom is 0.416 e. The highest BCUT2D eigenvalue weighted by molar-refractivity contribution is 5.81. The molecule has 1 N–H and O–H groups in total. The Morgan fingerprint density at radius 1 is 1.21 bits per heavy atom. The maximum absolute atomic E-state index is 12.8. The number of hydrogen-bond donors (Lipinski definition) is 1. The number of benzene rings is 1. The number of carbonyl (C=O) groups excluding carboxylic acids is 1. The van der Waals surface area contributed by atoms with Gasteiger partial charge in [-0.2, -0.15) is 13.2 Å². The molecule has 1 heterocycles. The van der Waals surface area contributed by atoms with Crippen molar-refractivity contribution in [2.45, 2.75) is 52.4 Å². The van der Waals surface area contributed by atoms with Crippen molar-refractivity contribution in [2.75, 3.05) is 13.1 Å². The Morgan fingerprint density at radius 2 is 1.83 bits per heavy atom. The highest BCUT2D eigenvalue weighted by Gasteiger charge is 2.31. The molecule has 1 aliphatic rings. The fraction of sp³-hybridized carbons (Fsp3) is 0.611. The maximum atomic E-state index is 12.8. The van der Waals surface area contributed by atoms with Gasteiger partial charge in [0.1, 0.15) is 0 Å². The summed E-state index contributed by atoms with van der Waals surface area (Å²) in [5.74, 6) is 0.0406. The largest absolute Gasteiger partial charge is 0.416 e. The number of hydrogen-bond acceptors (Lipinski definition) is 2. The van der Waals surface area contributed by atoms with E-state index in [1.165, 1.54) is 12.1 Å². The van der Waals surface area contributed by atoms with Gasteiger partial charge >= 0.3 is 6.18 Å². The fourth-order valence-electron chi connectivity index (χ4n) is 2.74. The Morgan fingerprint density at radius 3 is 2.38 bits per heavy atom. The second kappa shape index (κ2) is 7.13. The van der Waals surface area contributed by atoms with E-state index < -0.39 is 17.2 Å². The molecule has 1 saturated heterocycles. The highest BCUT2D eigenvalue weighted by atomic mass is 19.4. The molecule has 0 atom stereocenters. The number of piperidine rings is 1. The number of nitrogens with one attached hydrogen (secondary N) is 1. The molecule has 0 spiro atoms. The molecule has 0 bridgehead atoms. The summed E-state index contributed by atoms with van der Waals surface area (Å²) in [5.41, 5.74) is -0.343. The second-order valence-corrected chi connectivity index (χ2v) is 7.47. The lowest BCUT2D eigenvalue weighted by atomic mass is 9.94. The Hall–Kier alpha value is -1.56. The van der Waals surface area contributed by atoms with Crippen molar-refractivity contribution < 1.29 is 18.0 Å². The quantitative estimate of drug-likeness (QED) is 0.905. The zero-order chi connectivity index (χ0) is 18.0. The molecule has 1 aromatic rings. The van der Waals surface area contributed by atoms with Gasteiger partial charge in [0.2, 0.25) is 5.91 Å². The molecule has 0 aromatic heterocycles. The van der Waals surface area contributed by atoms with Crippen LogP contribution in [0.1, 0.15) is 44.7 Å². The van der Waals surface area contributed by atoms with Crippen molar-refractivity contribution in [3.63, 3.8) is 0 Å². The molecule has 1 aliphatic heterocycles. The average Bonchev–Trinajstić information content (AvgIpc) is 2.48. The van der Waals surface area contributed by atoms with E-state index in [4.69, 9.17) is 0 Å². The summed E-state index contributed by atoms with van der Waals surface area (Å²) in [6.07, 6.45) is -2.66. The van der Waals surface area contributed by atoms with E-state index in [0.717, 1.165) is 32.0 Å². The molecule has 1 amide bonds. The molecule has 0 unspecified atom stereocenters. The minimum atomic E-state index is -4.31. The summed E-state index contributed by atoms with van der Waals surface area (Å²) < 4.78 is 38.3. The summed E-state index contributed by atoms with van der Waals surface area (Å²) in [6.45, 7) is 7.68. The number of nitrogens with zero attached hydrogens (tertiary/aromatic N) is 1. The molecule has 6 heteroatoms. The smallest absolute Gasteiger partial charge is 0.353 e. The van der Waals surface area contributed by atoms with Crippen LogP contribution in [0.15, 0.2) is 24.3 Å². The third kappa shape index (κ3) is 5.23. The first-order valence-electron chi connectivity index (χ1n) is 8.25. The minimum absolute atomic E-state index is 0.0406. The van der Waals surface area contributed by atoms with E-state index >= 15 is 0 Å². The zero-order valence-corrected chi connectivity index (χ0v) is 14.4. The van der Waals surface area contributed by atoms with Gasteiger partial charge in [-0.1, -0.05) is 39.0 Å². The summed E-state index contributed by atoms with van der Waals surface area (Å²) >= 11 is 0. The Labute approximate surface area is 141 Å². The summed E-state index contributed by atoms with van der Waals surface area (Å²) in [5, 5.41) is 3.06. The van der Waals surface area contributed by atoms with Gasteiger partial charge in [0.15, 0.2) is 0 Å². The molecular formula is C18H25F3N2O. The number of halogens is 3. The van der Waals surface area contributed by atoms with Crippen LogP contribution in [-0.4, -0.2) is 29.9 Å². The van der Waals surface area contributed by atoms with Gasteiger partial charge in [0, 0.05) is 31.1 Å². The van der Waals surface area contributed by atoms with E-state index in [9.17, 15) is 18.0 Å². The lowest BCUT2D eigenvalue weighted by molar-refractivity contribution is -0.137. The molecule has 24 heavy (non-hydrogen) atoms. The van der Waals surface area contributed by atoms with Gasteiger partial charge in [-0.3, -0.25) is 9.69 Å². The van der Waals surface area contributed by atoms with E-state index in [0.29, 0.717) is 12.1 Å². The lowest BCUT2D eigenvalue weighted by Crippen LogP contribution is -2.47. The minimum Gasteiger partial charge on any atom is -0.353 e. The number of amides is 1. The summed E-state index contributed by atoms with van der Waals surface area (Å²) in [7, 11) is 0. The van der Waals surface area contributed by atoms with Crippen LogP contribution in [0, 0.1) is 5.41 Å². The number of carbonyl (C=O) groups is 1. The van der Waals surface area contributed by atoms with E-state index in [1.807, 2.05) is 20.8 Å². The van der Waals surface area contributed by atoms with Gasteiger partial charge < -0.3 is 5.32 Å². The first-order chi connectivity index (χ1) is 11.1. The van der Waals surface area contributed by atoms with E-state index in [2.05, 4.69) is 10.2 Å². The van der Waals surface area contributed by atoms with E-state index in [1.54, 1.807) is 6.07 Å². The SMILES string of the molecule is CC(C)(C)C(=O)NC1CCN(Cc2cccc(C(F)(F)F)c2)CC1. The van der Waals surface area contributed by atoms with Crippen LogP contribution in [0.5, 0.6) is 0 Å². The molecular weight excluding hydrogens is 317 g/mol. The molecule has 0 aliphatic carbocycles. The van der Waals surface area contributed by atoms with Crippen molar-refractivity contribution in [1.82, 2.24) is 10.2 Å². The third-order valence-electron chi connectivity index (χ3n) is 4.26. The summed E-state index contributed by atoms with van der Waals surface area (Å²) in [4.78, 5) is 14.1. The first kappa shape index (κ1) is 18.8. The molecule has 1 aromatic carbocycles. The van der Waals surface area contributed by atoms with Gasteiger partial charge in [-0.05, 0) is 24.5 Å². The Kier molecular flexibility index (Phi) is 5.58.